The number of hydrogen-bond donors (Lipinski definition) is 0. The van der Waals surface area contributed by atoms with Crippen LogP contribution < -0.4 is 0 Å². The maximum atomic E-state index is 4.28. The van der Waals surface area contributed by atoms with E-state index in [9.17, 15) is 0 Å². The molecule has 0 aliphatic carbocycles. The smallest absolute Gasteiger partial charge is 0.159 e. The summed E-state index contributed by atoms with van der Waals surface area (Å²) in [4.78, 5) is 12.6. The van der Waals surface area contributed by atoms with Crippen LogP contribution in [0.1, 0.15) is 5.56 Å². The van der Waals surface area contributed by atoms with E-state index in [4.69, 9.17) is 0 Å². The quantitative estimate of drug-likeness (QED) is 0.626. The van der Waals surface area contributed by atoms with E-state index in [1.807, 2.05) is 10.8 Å². The fourth-order valence-electron chi connectivity index (χ4n) is 1.53. The van der Waals surface area contributed by atoms with Gasteiger partial charge in [-0.15, -0.1) is 11.3 Å². The van der Waals surface area contributed by atoms with Crippen molar-refractivity contribution in [2.75, 3.05) is 0 Å². The van der Waals surface area contributed by atoms with E-state index in [1.165, 1.54) is 5.56 Å². The van der Waals surface area contributed by atoms with E-state index in [-0.39, 0.29) is 0 Å². The third-order valence-electron chi connectivity index (χ3n) is 2.26. The molecule has 0 saturated heterocycles. The predicted molar refractivity (Wildman–Crippen MR) is 59.3 cm³/mol. The van der Waals surface area contributed by atoms with E-state index in [0.717, 1.165) is 16.0 Å². The molecular formula is C10H8N4S. The zero-order chi connectivity index (χ0) is 10.3. The molecule has 5 heteroatoms. The van der Waals surface area contributed by atoms with Crippen molar-refractivity contribution in [3.8, 4) is 5.82 Å². The first kappa shape index (κ1) is 8.55. The van der Waals surface area contributed by atoms with Gasteiger partial charge in [0, 0.05) is 12.4 Å². The molecule has 0 radical (unpaired) electrons. The molecule has 0 aliphatic rings. The first-order chi connectivity index (χ1) is 7.36. The van der Waals surface area contributed by atoms with Gasteiger partial charge in [-0.25, -0.2) is 15.0 Å². The van der Waals surface area contributed by atoms with Gasteiger partial charge in [0.05, 0.1) is 10.2 Å². The third kappa shape index (κ3) is 1.24. The van der Waals surface area contributed by atoms with E-state index < -0.39 is 0 Å². The third-order valence-corrected chi connectivity index (χ3v) is 3.34. The first-order valence-electron chi connectivity index (χ1n) is 4.53. The fourth-order valence-corrected chi connectivity index (χ4v) is 2.52. The minimum absolute atomic E-state index is 0.899. The molecule has 0 N–H and O–H groups in total. The lowest BCUT2D eigenvalue weighted by atomic mass is 10.3. The number of imidazole rings is 1. The average Bonchev–Trinajstić information content (AvgIpc) is 2.88. The lowest BCUT2D eigenvalue weighted by molar-refractivity contribution is 0.996. The lowest BCUT2D eigenvalue weighted by Crippen LogP contribution is -1.95. The molecule has 0 bridgehead atoms. The molecule has 3 heterocycles. The fraction of sp³-hybridized carbons (Fsp3) is 0.100. The molecule has 0 aromatic carbocycles. The van der Waals surface area contributed by atoms with Gasteiger partial charge in [-0.1, -0.05) is 0 Å². The molecule has 3 aromatic rings. The topological polar surface area (TPSA) is 43.6 Å². The second-order valence-electron chi connectivity index (χ2n) is 3.26. The molecule has 0 amide bonds. The molecule has 0 unspecified atom stereocenters. The van der Waals surface area contributed by atoms with E-state index in [0.29, 0.717) is 0 Å². The normalized spacial score (nSPS) is 11.0. The van der Waals surface area contributed by atoms with Crippen molar-refractivity contribution in [2.45, 2.75) is 6.92 Å². The van der Waals surface area contributed by atoms with Gasteiger partial charge in [0.2, 0.25) is 0 Å². The highest BCUT2D eigenvalue weighted by atomic mass is 32.1. The molecule has 0 atom stereocenters. The predicted octanol–water partition coefficient (Wildman–Crippen LogP) is 2.19. The van der Waals surface area contributed by atoms with Gasteiger partial charge in [-0.05, 0) is 17.9 Å². The van der Waals surface area contributed by atoms with Crippen LogP contribution in [0.4, 0.5) is 0 Å². The summed E-state index contributed by atoms with van der Waals surface area (Å²) in [5.41, 5.74) is 2.22. The average molecular weight is 216 g/mol. The molecule has 74 valence electrons. The van der Waals surface area contributed by atoms with Crippen molar-refractivity contribution in [2.24, 2.45) is 0 Å². The Balaban J connectivity index is 2.36. The zero-order valence-corrected chi connectivity index (χ0v) is 8.90. The highest BCUT2D eigenvalue weighted by Gasteiger charge is 2.08. The maximum Gasteiger partial charge on any atom is 0.159 e. The molecule has 3 rings (SSSR count). The zero-order valence-electron chi connectivity index (χ0n) is 8.08. The van der Waals surface area contributed by atoms with Crippen molar-refractivity contribution in [3.05, 3.63) is 36.0 Å². The van der Waals surface area contributed by atoms with Gasteiger partial charge in [-0.2, -0.15) is 0 Å². The Bertz CT molecular complexity index is 597. The highest BCUT2D eigenvalue weighted by molar-refractivity contribution is 7.17. The molecule has 0 saturated carbocycles. The summed E-state index contributed by atoms with van der Waals surface area (Å²) in [7, 11) is 0. The number of thiophene rings is 1. The Hall–Kier alpha value is -1.75. The standard InChI is InChI=1S/C10H8N4S/c1-7-4-15-9-8(7)12-5-13-10(9)14-3-2-11-6-14/h2-6H,1H3. The van der Waals surface area contributed by atoms with Gasteiger partial charge in [-0.3, -0.25) is 4.57 Å². The van der Waals surface area contributed by atoms with Crippen molar-refractivity contribution in [1.29, 1.82) is 0 Å². The SMILES string of the molecule is Cc1csc2c(-n3ccnc3)ncnc12. The lowest BCUT2D eigenvalue weighted by Gasteiger charge is -2.01. The maximum absolute atomic E-state index is 4.28. The van der Waals surface area contributed by atoms with Crippen LogP contribution in [0.25, 0.3) is 16.0 Å². The van der Waals surface area contributed by atoms with Crippen LogP contribution in [0.3, 0.4) is 0 Å². The Labute approximate surface area is 90.3 Å². The number of nitrogens with zero attached hydrogens (tertiary/aromatic N) is 4. The van der Waals surface area contributed by atoms with E-state index >= 15 is 0 Å². The summed E-state index contributed by atoms with van der Waals surface area (Å²) in [6.45, 7) is 2.06. The molecule has 0 spiro atoms. The minimum atomic E-state index is 0.899. The molecule has 15 heavy (non-hydrogen) atoms. The van der Waals surface area contributed by atoms with Crippen LogP contribution in [0.2, 0.25) is 0 Å². The Kier molecular flexibility index (Phi) is 1.78. The largest absolute Gasteiger partial charge is 0.289 e. The van der Waals surface area contributed by atoms with Crippen molar-refractivity contribution >= 4 is 21.6 Å². The van der Waals surface area contributed by atoms with Crippen LogP contribution in [0.15, 0.2) is 30.4 Å². The summed E-state index contributed by atoms with van der Waals surface area (Å²) >= 11 is 1.67. The van der Waals surface area contributed by atoms with Gasteiger partial charge >= 0.3 is 0 Å². The van der Waals surface area contributed by atoms with Gasteiger partial charge < -0.3 is 0 Å². The highest BCUT2D eigenvalue weighted by Crippen LogP contribution is 2.27. The summed E-state index contributed by atoms with van der Waals surface area (Å²) in [5.74, 6) is 0.899. The Morgan fingerprint density at radius 2 is 2.27 bits per heavy atom. The van der Waals surface area contributed by atoms with Crippen LogP contribution in [0.5, 0.6) is 0 Å². The van der Waals surface area contributed by atoms with Crippen LogP contribution in [0, 0.1) is 6.92 Å². The summed E-state index contributed by atoms with van der Waals surface area (Å²) < 4.78 is 3.01. The number of aromatic nitrogens is 4. The van der Waals surface area contributed by atoms with Crippen LogP contribution >= 0.6 is 11.3 Å². The minimum Gasteiger partial charge on any atom is -0.289 e. The first-order valence-corrected chi connectivity index (χ1v) is 5.41. The summed E-state index contributed by atoms with van der Waals surface area (Å²) in [6.07, 6.45) is 6.97. The molecule has 3 aromatic heterocycles. The monoisotopic (exact) mass is 216 g/mol. The molecule has 0 aliphatic heterocycles. The van der Waals surface area contributed by atoms with E-state index in [1.54, 1.807) is 30.2 Å². The van der Waals surface area contributed by atoms with Crippen molar-refractivity contribution in [3.63, 3.8) is 0 Å². The van der Waals surface area contributed by atoms with Crippen LogP contribution in [-0.4, -0.2) is 19.5 Å². The second kappa shape index (κ2) is 3.13. The van der Waals surface area contributed by atoms with E-state index in [2.05, 4.69) is 27.3 Å². The summed E-state index contributed by atoms with van der Waals surface area (Å²) in [6, 6.07) is 0. The number of fused-ring (bicyclic) bond motifs is 1. The Morgan fingerprint density at radius 1 is 1.33 bits per heavy atom. The second-order valence-corrected chi connectivity index (χ2v) is 4.14. The van der Waals surface area contributed by atoms with Gasteiger partial charge in [0.15, 0.2) is 5.82 Å². The number of aryl methyl sites for hydroxylation is 1. The molecular weight excluding hydrogens is 208 g/mol. The molecule has 0 fully saturated rings. The van der Waals surface area contributed by atoms with Crippen molar-refractivity contribution < 1.29 is 0 Å². The van der Waals surface area contributed by atoms with Crippen LogP contribution in [-0.2, 0) is 0 Å². The Morgan fingerprint density at radius 3 is 3.07 bits per heavy atom. The van der Waals surface area contributed by atoms with Gasteiger partial charge in [0.25, 0.3) is 0 Å². The number of rotatable bonds is 1. The summed E-state index contributed by atoms with van der Waals surface area (Å²) in [5, 5.41) is 2.10. The van der Waals surface area contributed by atoms with Gasteiger partial charge in [0.1, 0.15) is 12.7 Å². The van der Waals surface area contributed by atoms with Crippen molar-refractivity contribution in [1.82, 2.24) is 19.5 Å². The molecule has 4 nitrogen and oxygen atoms in total. The number of hydrogen-bond acceptors (Lipinski definition) is 4.